The van der Waals surface area contributed by atoms with E-state index in [1.54, 1.807) is 0 Å². The highest BCUT2D eigenvalue weighted by molar-refractivity contribution is 6.06. The largest absolute Gasteiger partial charge is 0.510 e. The van der Waals surface area contributed by atoms with Crippen molar-refractivity contribution in [2.45, 2.75) is 0 Å². The van der Waals surface area contributed by atoms with Crippen molar-refractivity contribution in [3.63, 3.8) is 0 Å². The fourth-order valence-corrected chi connectivity index (χ4v) is 2.27. The highest BCUT2D eigenvalue weighted by Crippen LogP contribution is 2.27. The molecule has 0 aromatic heterocycles. The average Bonchev–Trinajstić information content (AvgIpc) is 2.80. The van der Waals surface area contributed by atoms with E-state index in [9.17, 15) is 24.3 Å². The number of primary amides is 1. The monoisotopic (exact) mass is 295 g/mol. The SMILES string of the molecule is NC(=O)CN1CC(O)=C(C2=CC(=O)N(CC(=O)O)C2)C1=O. The standard InChI is InChI=1S/C12H13N3O6/c13-8(17)4-15-3-7(16)11(12(15)21)6-1-9(18)14(2-6)5-10(19)20/h1,16H,2-5H2,(H2,13,17)(H,19,20). The molecule has 0 aliphatic carbocycles. The summed E-state index contributed by atoms with van der Waals surface area (Å²) in [7, 11) is 0. The Balaban J connectivity index is 2.16. The van der Waals surface area contributed by atoms with E-state index in [-0.39, 0.29) is 36.5 Å². The number of amides is 3. The van der Waals surface area contributed by atoms with Crippen molar-refractivity contribution in [1.29, 1.82) is 0 Å². The van der Waals surface area contributed by atoms with Crippen LogP contribution in [0.5, 0.6) is 0 Å². The summed E-state index contributed by atoms with van der Waals surface area (Å²) in [5, 5.41) is 18.5. The fraction of sp³-hybridized carbons (Fsp3) is 0.333. The Morgan fingerprint density at radius 1 is 1.19 bits per heavy atom. The second-order valence-electron chi connectivity index (χ2n) is 4.71. The van der Waals surface area contributed by atoms with Gasteiger partial charge in [0.15, 0.2) is 0 Å². The van der Waals surface area contributed by atoms with Crippen molar-refractivity contribution in [2.24, 2.45) is 5.73 Å². The molecule has 0 radical (unpaired) electrons. The Morgan fingerprint density at radius 3 is 2.43 bits per heavy atom. The number of nitrogens with two attached hydrogens (primary N) is 1. The van der Waals surface area contributed by atoms with Crippen LogP contribution < -0.4 is 5.73 Å². The highest BCUT2D eigenvalue weighted by atomic mass is 16.4. The van der Waals surface area contributed by atoms with Crippen molar-refractivity contribution in [1.82, 2.24) is 9.80 Å². The number of aliphatic hydroxyl groups excluding tert-OH is 1. The van der Waals surface area contributed by atoms with Gasteiger partial charge in [0, 0.05) is 12.6 Å². The lowest BCUT2D eigenvalue weighted by molar-refractivity contribution is -0.141. The maximum absolute atomic E-state index is 12.1. The molecule has 9 nitrogen and oxygen atoms in total. The Morgan fingerprint density at radius 2 is 1.86 bits per heavy atom. The van der Waals surface area contributed by atoms with Gasteiger partial charge < -0.3 is 25.7 Å². The molecule has 2 rings (SSSR count). The smallest absolute Gasteiger partial charge is 0.323 e. The minimum absolute atomic E-state index is 0.0718. The number of carboxylic acid groups (broad SMARTS) is 1. The van der Waals surface area contributed by atoms with Crippen LogP contribution in [0.2, 0.25) is 0 Å². The van der Waals surface area contributed by atoms with Crippen molar-refractivity contribution < 1.29 is 29.4 Å². The van der Waals surface area contributed by atoms with Gasteiger partial charge in [-0.05, 0) is 5.57 Å². The highest BCUT2D eigenvalue weighted by Gasteiger charge is 2.36. The molecule has 2 heterocycles. The third kappa shape index (κ3) is 2.86. The van der Waals surface area contributed by atoms with Gasteiger partial charge >= 0.3 is 5.97 Å². The van der Waals surface area contributed by atoms with Crippen LogP contribution in [-0.4, -0.2) is 69.9 Å². The molecule has 0 fully saturated rings. The number of hydrogen-bond donors (Lipinski definition) is 3. The first-order chi connectivity index (χ1) is 9.79. The molecule has 0 unspecified atom stereocenters. The van der Waals surface area contributed by atoms with Gasteiger partial charge in [-0.25, -0.2) is 0 Å². The second-order valence-corrected chi connectivity index (χ2v) is 4.71. The number of aliphatic hydroxyl groups is 1. The summed E-state index contributed by atoms with van der Waals surface area (Å²) in [6.07, 6.45) is 1.11. The van der Waals surface area contributed by atoms with E-state index < -0.39 is 30.2 Å². The second kappa shape index (κ2) is 5.27. The minimum atomic E-state index is -1.18. The van der Waals surface area contributed by atoms with E-state index in [1.165, 1.54) is 0 Å². The van der Waals surface area contributed by atoms with Crippen LogP contribution in [0.4, 0.5) is 0 Å². The van der Waals surface area contributed by atoms with Crippen LogP contribution in [0.15, 0.2) is 23.0 Å². The lowest BCUT2D eigenvalue weighted by atomic mass is 10.1. The first-order valence-electron chi connectivity index (χ1n) is 6.01. The maximum Gasteiger partial charge on any atom is 0.323 e. The zero-order valence-corrected chi connectivity index (χ0v) is 10.9. The normalized spacial score (nSPS) is 18.6. The van der Waals surface area contributed by atoms with Crippen LogP contribution in [-0.2, 0) is 19.2 Å². The van der Waals surface area contributed by atoms with E-state index in [2.05, 4.69) is 0 Å². The molecule has 3 amide bonds. The van der Waals surface area contributed by atoms with Crippen molar-refractivity contribution in [3.05, 3.63) is 23.0 Å². The van der Waals surface area contributed by atoms with Crippen LogP contribution in [0.1, 0.15) is 0 Å². The van der Waals surface area contributed by atoms with E-state index in [0.717, 1.165) is 15.9 Å². The summed E-state index contributed by atoms with van der Waals surface area (Å²) in [6.45, 7) is -1.08. The number of carbonyl (C=O) groups excluding carboxylic acids is 3. The quantitative estimate of drug-likeness (QED) is 0.534. The van der Waals surface area contributed by atoms with Gasteiger partial charge in [0.05, 0.1) is 12.1 Å². The third-order valence-corrected chi connectivity index (χ3v) is 3.09. The van der Waals surface area contributed by atoms with Crippen LogP contribution in [0.25, 0.3) is 0 Å². The Labute approximate surface area is 118 Å². The number of hydrogen-bond acceptors (Lipinski definition) is 5. The minimum Gasteiger partial charge on any atom is -0.510 e. The number of carboxylic acids is 1. The van der Waals surface area contributed by atoms with Gasteiger partial charge in [0.1, 0.15) is 18.8 Å². The number of nitrogens with zero attached hydrogens (tertiary/aromatic N) is 2. The fourth-order valence-electron chi connectivity index (χ4n) is 2.27. The van der Waals surface area contributed by atoms with E-state index in [0.29, 0.717) is 0 Å². The topological polar surface area (TPSA) is 141 Å². The summed E-state index contributed by atoms with van der Waals surface area (Å²) < 4.78 is 0. The first kappa shape index (κ1) is 14.6. The molecule has 112 valence electrons. The van der Waals surface area contributed by atoms with E-state index in [1.807, 2.05) is 0 Å². The molecule has 0 aromatic rings. The van der Waals surface area contributed by atoms with Crippen molar-refractivity contribution >= 4 is 23.7 Å². The molecule has 0 bridgehead atoms. The molecule has 21 heavy (non-hydrogen) atoms. The van der Waals surface area contributed by atoms with Crippen LogP contribution in [0.3, 0.4) is 0 Å². The molecular formula is C12H13N3O6. The molecule has 2 aliphatic heterocycles. The Kier molecular flexibility index (Phi) is 3.66. The summed E-state index contributed by atoms with van der Waals surface area (Å²) >= 11 is 0. The van der Waals surface area contributed by atoms with Crippen LogP contribution >= 0.6 is 0 Å². The zero-order valence-electron chi connectivity index (χ0n) is 10.9. The first-order valence-corrected chi connectivity index (χ1v) is 6.01. The van der Waals surface area contributed by atoms with Crippen LogP contribution in [0, 0.1) is 0 Å². The summed E-state index contributed by atoms with van der Waals surface area (Å²) in [6, 6.07) is 0. The zero-order chi connectivity index (χ0) is 15.7. The molecule has 9 heteroatoms. The van der Waals surface area contributed by atoms with Gasteiger partial charge in [0.25, 0.3) is 5.91 Å². The molecule has 0 aromatic carbocycles. The van der Waals surface area contributed by atoms with E-state index >= 15 is 0 Å². The molecule has 0 atom stereocenters. The molecule has 0 spiro atoms. The molecule has 0 saturated carbocycles. The number of rotatable bonds is 5. The predicted molar refractivity (Wildman–Crippen MR) is 67.7 cm³/mol. The van der Waals surface area contributed by atoms with Gasteiger partial charge in [0.2, 0.25) is 11.8 Å². The lowest BCUT2D eigenvalue weighted by Crippen LogP contribution is -2.36. The number of aliphatic carboxylic acids is 1. The molecule has 2 aliphatic rings. The predicted octanol–water partition coefficient (Wildman–Crippen LogP) is -2.02. The Hall–Kier alpha value is -2.84. The maximum atomic E-state index is 12.1. The van der Waals surface area contributed by atoms with Crippen molar-refractivity contribution in [3.8, 4) is 0 Å². The molecule has 0 saturated heterocycles. The van der Waals surface area contributed by atoms with Gasteiger partial charge in [-0.3, -0.25) is 19.2 Å². The van der Waals surface area contributed by atoms with Gasteiger partial charge in [-0.1, -0.05) is 0 Å². The average molecular weight is 295 g/mol. The molecular weight excluding hydrogens is 282 g/mol. The van der Waals surface area contributed by atoms with E-state index in [4.69, 9.17) is 10.8 Å². The third-order valence-electron chi connectivity index (χ3n) is 3.09. The van der Waals surface area contributed by atoms with Gasteiger partial charge in [-0.2, -0.15) is 0 Å². The van der Waals surface area contributed by atoms with Crippen molar-refractivity contribution in [2.75, 3.05) is 26.2 Å². The van der Waals surface area contributed by atoms with Gasteiger partial charge in [-0.15, -0.1) is 0 Å². The molecule has 4 N–H and O–H groups in total. The summed E-state index contributed by atoms with van der Waals surface area (Å²) in [5.41, 5.74) is 5.16. The lowest BCUT2D eigenvalue weighted by Gasteiger charge is -2.15. The summed E-state index contributed by atoms with van der Waals surface area (Å²) in [4.78, 5) is 47.3. The Bertz CT molecular complexity index is 606. The summed E-state index contributed by atoms with van der Waals surface area (Å²) in [5.74, 6) is -3.32. The number of carbonyl (C=O) groups is 4.